The number of aliphatic hydroxyl groups excluding tert-OH is 1. The number of hydrogen-bond acceptors (Lipinski definition) is 3. The lowest BCUT2D eigenvalue weighted by molar-refractivity contribution is 0.101. The third-order valence-electron chi connectivity index (χ3n) is 3.74. The minimum absolute atomic E-state index is 0.0462. The molecule has 1 heterocycles. The van der Waals surface area contributed by atoms with Crippen molar-refractivity contribution in [2.24, 2.45) is 0 Å². The Bertz CT molecular complexity index is 436. The molecule has 0 spiro atoms. The molecule has 18 heavy (non-hydrogen) atoms. The fourth-order valence-electron chi connectivity index (χ4n) is 2.72. The molecule has 98 valence electrons. The van der Waals surface area contributed by atoms with Crippen LogP contribution in [0.4, 0.5) is 5.69 Å². The van der Waals surface area contributed by atoms with Crippen LogP contribution in [0.15, 0.2) is 24.3 Å². The van der Waals surface area contributed by atoms with E-state index in [9.17, 15) is 9.90 Å². The molecule has 2 rings (SSSR count). The van der Waals surface area contributed by atoms with Crippen LogP contribution < -0.4 is 4.90 Å². The molecular formula is C15H21NO2. The zero-order chi connectivity index (χ0) is 13.3. The summed E-state index contributed by atoms with van der Waals surface area (Å²) in [5.74, 6) is 0.0925. The number of hydrogen-bond donors (Lipinski definition) is 1. The van der Waals surface area contributed by atoms with Gasteiger partial charge < -0.3 is 10.0 Å². The van der Waals surface area contributed by atoms with E-state index in [0.717, 1.165) is 30.6 Å². The second-order valence-electron chi connectivity index (χ2n) is 5.71. The molecule has 1 saturated heterocycles. The molecule has 1 fully saturated rings. The Morgan fingerprint density at radius 3 is 2.44 bits per heavy atom. The van der Waals surface area contributed by atoms with Crippen molar-refractivity contribution >= 4 is 11.5 Å². The minimum atomic E-state index is -0.201. The molecule has 1 aromatic rings. The molecule has 0 saturated carbocycles. The number of ketones is 1. The molecule has 0 aliphatic carbocycles. The Balaban J connectivity index is 2.23. The smallest absolute Gasteiger partial charge is 0.159 e. The van der Waals surface area contributed by atoms with Gasteiger partial charge in [-0.1, -0.05) is 0 Å². The maximum atomic E-state index is 11.3. The molecule has 1 atom stereocenters. The number of piperidine rings is 1. The predicted molar refractivity (Wildman–Crippen MR) is 73.1 cm³/mol. The van der Waals surface area contributed by atoms with Gasteiger partial charge in [0.25, 0.3) is 0 Å². The van der Waals surface area contributed by atoms with Gasteiger partial charge in [-0.3, -0.25) is 4.79 Å². The largest absolute Gasteiger partial charge is 0.393 e. The lowest BCUT2D eigenvalue weighted by Gasteiger charge is -2.46. The second-order valence-corrected chi connectivity index (χ2v) is 5.71. The zero-order valence-electron chi connectivity index (χ0n) is 11.3. The van der Waals surface area contributed by atoms with Gasteiger partial charge in [-0.05, 0) is 57.9 Å². The molecule has 0 amide bonds. The van der Waals surface area contributed by atoms with Crippen molar-refractivity contribution in [1.82, 2.24) is 0 Å². The van der Waals surface area contributed by atoms with Crippen LogP contribution in [0.5, 0.6) is 0 Å². The molecule has 3 heteroatoms. The summed E-state index contributed by atoms with van der Waals surface area (Å²) in [6.07, 6.45) is 1.38. The number of rotatable bonds is 2. The second kappa shape index (κ2) is 4.73. The Kier molecular flexibility index (Phi) is 3.44. The molecule has 0 aromatic heterocycles. The van der Waals surface area contributed by atoms with E-state index in [2.05, 4.69) is 18.7 Å². The van der Waals surface area contributed by atoms with E-state index in [0.29, 0.717) is 0 Å². The van der Waals surface area contributed by atoms with E-state index < -0.39 is 0 Å². The summed E-state index contributed by atoms with van der Waals surface area (Å²) >= 11 is 0. The van der Waals surface area contributed by atoms with Gasteiger partial charge in [-0.25, -0.2) is 0 Å². The van der Waals surface area contributed by atoms with Gasteiger partial charge >= 0.3 is 0 Å². The Hall–Kier alpha value is -1.35. The summed E-state index contributed by atoms with van der Waals surface area (Å²) in [6.45, 7) is 6.73. The number of aliphatic hydroxyl groups is 1. The first-order chi connectivity index (χ1) is 8.40. The highest BCUT2D eigenvalue weighted by molar-refractivity contribution is 5.94. The molecule has 1 aliphatic heterocycles. The number of carbonyl (C=O) groups excluding carboxylic acids is 1. The van der Waals surface area contributed by atoms with Gasteiger partial charge in [0.15, 0.2) is 5.78 Å². The minimum Gasteiger partial charge on any atom is -0.393 e. The average Bonchev–Trinajstić information content (AvgIpc) is 2.28. The van der Waals surface area contributed by atoms with Gasteiger partial charge in [0.2, 0.25) is 0 Å². The van der Waals surface area contributed by atoms with Gasteiger partial charge in [0.05, 0.1) is 6.10 Å². The molecule has 3 nitrogen and oxygen atoms in total. The van der Waals surface area contributed by atoms with Crippen molar-refractivity contribution in [3.63, 3.8) is 0 Å². The van der Waals surface area contributed by atoms with Crippen LogP contribution in [0.25, 0.3) is 0 Å². The number of nitrogens with zero attached hydrogens (tertiary/aromatic N) is 1. The summed E-state index contributed by atoms with van der Waals surface area (Å²) in [4.78, 5) is 13.6. The van der Waals surface area contributed by atoms with Gasteiger partial charge in [0.1, 0.15) is 0 Å². The van der Waals surface area contributed by atoms with Crippen molar-refractivity contribution in [2.45, 2.75) is 45.3 Å². The van der Waals surface area contributed by atoms with Gasteiger partial charge in [-0.15, -0.1) is 0 Å². The molecule has 1 aliphatic rings. The van der Waals surface area contributed by atoms with Crippen LogP contribution in [0, 0.1) is 0 Å². The highest BCUT2D eigenvalue weighted by atomic mass is 16.3. The Morgan fingerprint density at radius 1 is 1.33 bits per heavy atom. The van der Waals surface area contributed by atoms with E-state index >= 15 is 0 Å². The number of anilines is 1. The van der Waals surface area contributed by atoms with E-state index in [-0.39, 0.29) is 17.4 Å². The third kappa shape index (κ3) is 2.56. The van der Waals surface area contributed by atoms with E-state index in [1.807, 2.05) is 24.3 Å². The van der Waals surface area contributed by atoms with Gasteiger partial charge in [0, 0.05) is 23.3 Å². The van der Waals surface area contributed by atoms with E-state index in [1.165, 1.54) is 0 Å². The topological polar surface area (TPSA) is 40.5 Å². The zero-order valence-corrected chi connectivity index (χ0v) is 11.3. The number of Topliss-reactive ketones (excluding diaryl/α,β-unsaturated/α-hetero) is 1. The molecule has 1 N–H and O–H groups in total. The first-order valence-corrected chi connectivity index (χ1v) is 6.47. The monoisotopic (exact) mass is 247 g/mol. The van der Waals surface area contributed by atoms with Crippen LogP contribution >= 0.6 is 0 Å². The van der Waals surface area contributed by atoms with E-state index in [4.69, 9.17) is 0 Å². The highest BCUT2D eigenvalue weighted by Crippen LogP contribution is 2.32. The van der Waals surface area contributed by atoms with Crippen LogP contribution in [0.1, 0.15) is 44.0 Å². The quantitative estimate of drug-likeness (QED) is 0.817. The summed E-state index contributed by atoms with van der Waals surface area (Å²) < 4.78 is 0. The summed E-state index contributed by atoms with van der Waals surface area (Å²) in [5.41, 5.74) is 1.82. The maximum absolute atomic E-state index is 11.3. The van der Waals surface area contributed by atoms with Crippen molar-refractivity contribution in [2.75, 3.05) is 11.4 Å². The first kappa shape index (κ1) is 13.1. The van der Waals surface area contributed by atoms with Crippen molar-refractivity contribution in [3.8, 4) is 0 Å². The summed E-state index contributed by atoms with van der Waals surface area (Å²) in [7, 11) is 0. The molecule has 0 radical (unpaired) electrons. The number of carbonyl (C=O) groups is 1. The first-order valence-electron chi connectivity index (χ1n) is 6.47. The predicted octanol–water partition coefficient (Wildman–Crippen LogP) is 2.63. The van der Waals surface area contributed by atoms with Crippen molar-refractivity contribution < 1.29 is 9.90 Å². The van der Waals surface area contributed by atoms with Crippen molar-refractivity contribution in [1.29, 1.82) is 0 Å². The third-order valence-corrected chi connectivity index (χ3v) is 3.74. The fourth-order valence-corrected chi connectivity index (χ4v) is 2.72. The summed E-state index contributed by atoms with van der Waals surface area (Å²) in [5, 5.41) is 9.76. The number of benzene rings is 1. The van der Waals surface area contributed by atoms with Crippen molar-refractivity contribution in [3.05, 3.63) is 29.8 Å². The van der Waals surface area contributed by atoms with Gasteiger partial charge in [-0.2, -0.15) is 0 Å². The lowest BCUT2D eigenvalue weighted by Crippen LogP contribution is -2.51. The Labute approximate surface area is 108 Å². The lowest BCUT2D eigenvalue weighted by atomic mass is 9.88. The summed E-state index contributed by atoms with van der Waals surface area (Å²) in [6, 6.07) is 7.74. The normalized spacial score (nSPS) is 22.9. The fraction of sp³-hybridized carbons (Fsp3) is 0.533. The van der Waals surface area contributed by atoms with Crippen LogP contribution in [0.3, 0.4) is 0 Å². The van der Waals surface area contributed by atoms with Crippen LogP contribution in [0.2, 0.25) is 0 Å². The van der Waals surface area contributed by atoms with E-state index in [1.54, 1.807) is 6.92 Å². The molecule has 1 aromatic carbocycles. The van der Waals surface area contributed by atoms with Crippen LogP contribution in [-0.2, 0) is 0 Å². The molecule has 1 unspecified atom stereocenters. The maximum Gasteiger partial charge on any atom is 0.159 e. The average molecular weight is 247 g/mol. The molecule has 0 bridgehead atoms. The molecular weight excluding hydrogens is 226 g/mol. The highest BCUT2D eigenvalue weighted by Gasteiger charge is 2.33. The standard InChI is InChI=1S/C15H21NO2/c1-11(17)12-4-6-13(7-5-12)16-9-8-14(18)10-15(16,2)3/h4-7,14,18H,8-10H2,1-3H3. The van der Waals surface area contributed by atoms with Crippen LogP contribution in [-0.4, -0.2) is 29.1 Å². The SMILES string of the molecule is CC(=O)c1ccc(N2CCC(O)CC2(C)C)cc1. The Morgan fingerprint density at radius 2 is 1.94 bits per heavy atom.